The number of aromatic hydroxyl groups is 1. The van der Waals surface area contributed by atoms with Gasteiger partial charge in [0.05, 0.1) is 13.2 Å². The summed E-state index contributed by atoms with van der Waals surface area (Å²) in [5.41, 5.74) is 0.414. The molecular weight excluding hydrogens is 632 g/mol. The maximum atomic E-state index is 10.8. The first-order valence-electron chi connectivity index (χ1n) is 18.9. The average Bonchev–Trinajstić information content (AvgIpc) is 3.44. The Hall–Kier alpha value is -1.38. The fourth-order valence-corrected chi connectivity index (χ4v) is 11.4. The van der Waals surface area contributed by atoms with Gasteiger partial charge in [-0.1, -0.05) is 33.8 Å². The van der Waals surface area contributed by atoms with Crippen molar-refractivity contribution < 1.29 is 53.1 Å². The van der Waals surface area contributed by atoms with E-state index in [2.05, 4.69) is 27.7 Å². The molecule has 11 nitrogen and oxygen atoms in total. The molecule has 10 fully saturated rings. The van der Waals surface area contributed by atoms with Crippen LogP contribution in [0.3, 0.4) is 0 Å². The molecular formula is C38H54O11. The average molecular weight is 687 g/mol. The Balaban J connectivity index is 0.884. The molecule has 2 aliphatic carbocycles. The topological polar surface area (TPSA) is 113 Å². The quantitative estimate of drug-likeness (QED) is 0.318. The molecule has 0 aromatic heterocycles. The molecule has 16 atom stereocenters. The first kappa shape index (κ1) is 33.5. The van der Waals surface area contributed by atoms with Crippen LogP contribution >= 0.6 is 0 Å². The summed E-state index contributed by atoms with van der Waals surface area (Å²) in [6.07, 6.45) is 5.68. The van der Waals surface area contributed by atoms with Gasteiger partial charge in [0.2, 0.25) is 11.6 Å². The molecule has 2 spiro atoms. The number of benzene rings is 1. The Labute approximate surface area is 289 Å². The molecule has 1 aromatic carbocycles. The van der Waals surface area contributed by atoms with Crippen LogP contribution in [0.4, 0.5) is 0 Å². The second kappa shape index (κ2) is 11.8. The van der Waals surface area contributed by atoms with Crippen LogP contribution in [-0.4, -0.2) is 53.0 Å². The van der Waals surface area contributed by atoms with E-state index in [1.54, 1.807) is 12.1 Å². The number of rotatable bonds is 6. The minimum atomic E-state index is -0.833. The predicted octanol–water partition coefficient (Wildman–Crippen LogP) is 6.84. The van der Waals surface area contributed by atoms with Gasteiger partial charge in [0.25, 0.3) is 0 Å². The van der Waals surface area contributed by atoms with Gasteiger partial charge >= 0.3 is 0 Å². The predicted molar refractivity (Wildman–Crippen MR) is 171 cm³/mol. The van der Waals surface area contributed by atoms with E-state index in [0.29, 0.717) is 23.7 Å². The fraction of sp³-hybridized carbons (Fsp3) is 0.842. The van der Waals surface area contributed by atoms with Crippen molar-refractivity contribution >= 4 is 0 Å². The molecule has 0 unspecified atom stereocenters. The molecule has 8 heterocycles. The lowest BCUT2D eigenvalue weighted by Crippen LogP contribution is -2.70. The van der Waals surface area contributed by atoms with E-state index < -0.39 is 47.9 Å². The number of hydrogen-bond acceptors (Lipinski definition) is 11. The Morgan fingerprint density at radius 2 is 1.06 bits per heavy atom. The summed E-state index contributed by atoms with van der Waals surface area (Å²) in [5, 5.41) is 10.8. The van der Waals surface area contributed by atoms with E-state index in [-0.39, 0.29) is 42.6 Å². The van der Waals surface area contributed by atoms with Gasteiger partial charge in [-0.15, -0.1) is 0 Å². The van der Waals surface area contributed by atoms with Crippen molar-refractivity contribution in [2.75, 3.05) is 0 Å². The van der Waals surface area contributed by atoms with Crippen LogP contribution in [0.5, 0.6) is 5.75 Å². The normalized spacial score (nSPS) is 52.9. The van der Waals surface area contributed by atoms with Crippen LogP contribution < -0.4 is 0 Å². The molecule has 10 aliphatic rings. The molecule has 49 heavy (non-hydrogen) atoms. The molecule has 11 heteroatoms. The van der Waals surface area contributed by atoms with E-state index in [9.17, 15) is 5.11 Å². The number of phenolic OH excluding ortho intramolecular Hbond substituents is 1. The molecule has 272 valence electrons. The highest BCUT2D eigenvalue weighted by Crippen LogP contribution is 2.62. The van der Waals surface area contributed by atoms with Crippen molar-refractivity contribution in [2.24, 2.45) is 47.3 Å². The molecule has 8 saturated heterocycles. The molecule has 0 amide bonds. The molecule has 0 radical (unpaired) electrons. The molecule has 1 aromatic rings. The maximum absolute atomic E-state index is 10.8. The summed E-state index contributed by atoms with van der Waals surface area (Å²) >= 11 is 0. The van der Waals surface area contributed by atoms with Gasteiger partial charge in [-0.05, 0) is 99.3 Å². The lowest BCUT2D eigenvalue weighted by molar-refractivity contribution is -0.577. The Morgan fingerprint density at radius 1 is 0.612 bits per heavy atom. The van der Waals surface area contributed by atoms with E-state index in [0.717, 1.165) is 62.5 Å². The Kier molecular flexibility index (Phi) is 8.07. The fourth-order valence-electron chi connectivity index (χ4n) is 11.4. The zero-order valence-corrected chi connectivity index (χ0v) is 29.8. The van der Waals surface area contributed by atoms with Gasteiger partial charge in [0, 0.05) is 36.5 Å². The smallest absolute Gasteiger partial charge is 0.201 e. The monoisotopic (exact) mass is 686 g/mol. The maximum Gasteiger partial charge on any atom is 0.201 e. The largest absolute Gasteiger partial charge is 0.508 e. The van der Waals surface area contributed by atoms with E-state index >= 15 is 0 Å². The molecule has 1 N–H and O–H groups in total. The highest BCUT2D eigenvalue weighted by Gasteiger charge is 2.71. The van der Waals surface area contributed by atoms with Crippen molar-refractivity contribution in [1.82, 2.24) is 0 Å². The number of ether oxygens (including phenoxy) is 6. The third-order valence-corrected chi connectivity index (χ3v) is 14.1. The third-order valence-electron chi connectivity index (χ3n) is 14.1. The zero-order chi connectivity index (χ0) is 33.9. The van der Waals surface area contributed by atoms with Crippen molar-refractivity contribution in [3.8, 4) is 5.75 Å². The van der Waals surface area contributed by atoms with Gasteiger partial charge in [0.15, 0.2) is 36.4 Å². The second-order valence-corrected chi connectivity index (χ2v) is 17.2. The van der Waals surface area contributed by atoms with Gasteiger partial charge in [0.1, 0.15) is 5.75 Å². The van der Waals surface area contributed by atoms with Crippen LogP contribution in [0.2, 0.25) is 0 Å². The first-order valence-corrected chi connectivity index (χ1v) is 18.9. The summed E-state index contributed by atoms with van der Waals surface area (Å²) in [4.78, 5) is 24.5. The van der Waals surface area contributed by atoms with Gasteiger partial charge in [-0.3, -0.25) is 0 Å². The standard InChI is InChI=1S/C38H54O11/c1-20-7-9-29-22(3)31(42-33-37(29)27(20)11-13-35(5,44-33)46-48-37)40-18-24-15-25(17-26(39)16-24)19-41-32-23(4)30-10-8-21(2)28-12-14-36(6)45-34(43-32)38(28,30)49-47-36/h15-17,20-23,27-34,39H,7-14,18-19H2,1-6H3/t20-,21-,22-,23-,27+,28+,29+,30+,31+,32+,33-,34-,35+,36+,37-,38-/m1/s1. The first-order chi connectivity index (χ1) is 23.4. The molecule has 4 bridgehead atoms. The second-order valence-electron chi connectivity index (χ2n) is 17.2. The Morgan fingerprint density at radius 3 is 1.51 bits per heavy atom. The van der Waals surface area contributed by atoms with Gasteiger partial charge in [-0.2, -0.15) is 0 Å². The summed E-state index contributed by atoms with van der Waals surface area (Å²) < 4.78 is 39.2. The third kappa shape index (κ3) is 5.12. The van der Waals surface area contributed by atoms with Crippen molar-refractivity contribution in [3.05, 3.63) is 29.3 Å². The summed E-state index contributed by atoms with van der Waals surface area (Å²) in [6, 6.07) is 5.49. The number of hydrogen-bond donors (Lipinski definition) is 1. The number of fused-ring (bicyclic) bond motifs is 4. The lowest BCUT2D eigenvalue weighted by atomic mass is 9.58. The lowest BCUT2D eigenvalue weighted by Gasteiger charge is -2.60. The summed E-state index contributed by atoms with van der Waals surface area (Å²) in [7, 11) is 0. The highest BCUT2D eigenvalue weighted by molar-refractivity contribution is 5.33. The van der Waals surface area contributed by atoms with E-state index in [1.807, 2.05) is 19.9 Å². The van der Waals surface area contributed by atoms with Crippen molar-refractivity contribution in [3.63, 3.8) is 0 Å². The number of phenols is 1. The molecule has 11 rings (SSSR count). The minimum absolute atomic E-state index is 0.0646. The Bertz CT molecular complexity index is 1330. The van der Waals surface area contributed by atoms with Crippen LogP contribution in [0.25, 0.3) is 0 Å². The van der Waals surface area contributed by atoms with Crippen LogP contribution in [0, 0.1) is 47.3 Å². The van der Waals surface area contributed by atoms with Gasteiger partial charge in [-0.25, -0.2) is 19.6 Å². The molecule has 8 aliphatic heterocycles. The van der Waals surface area contributed by atoms with Crippen LogP contribution in [0.1, 0.15) is 104 Å². The SMILES string of the molecule is C[C@H]1[C@@H](OCc2cc(O)cc(CO[C@H]3O[C@@H]4O[C@]5(C)CC[C@H]6[C@H](C)CC[C@@H]([C@H]3C)[C@@]46OO5)c2)O[C@@H]2O[C@]3(C)CC[C@H]4[C@H](C)CC[C@@H]1[C@@]24OO3. The van der Waals surface area contributed by atoms with Crippen LogP contribution in [-0.2, 0) is 61.2 Å². The highest BCUT2D eigenvalue weighted by atomic mass is 17.3. The van der Waals surface area contributed by atoms with Crippen molar-refractivity contribution in [2.45, 2.75) is 154 Å². The van der Waals surface area contributed by atoms with Crippen LogP contribution in [0.15, 0.2) is 18.2 Å². The summed E-state index contributed by atoms with van der Waals surface area (Å²) in [5.74, 6) is 0.585. The zero-order valence-electron chi connectivity index (χ0n) is 29.8. The summed E-state index contributed by atoms with van der Waals surface area (Å²) in [6.45, 7) is 13.4. The van der Waals surface area contributed by atoms with E-state index in [4.69, 9.17) is 48.0 Å². The molecule has 2 saturated carbocycles. The van der Waals surface area contributed by atoms with Gasteiger partial charge < -0.3 is 33.5 Å². The van der Waals surface area contributed by atoms with E-state index in [1.165, 1.54) is 0 Å². The van der Waals surface area contributed by atoms with Crippen molar-refractivity contribution in [1.29, 1.82) is 0 Å². The minimum Gasteiger partial charge on any atom is -0.508 e.